The Hall–Kier alpha value is -3.49. The van der Waals surface area contributed by atoms with Crippen LogP contribution in [0, 0.1) is 6.92 Å². The van der Waals surface area contributed by atoms with E-state index in [4.69, 9.17) is 9.47 Å². The molecule has 2 aromatic carbocycles. The number of methoxy groups -OCH3 is 1. The minimum Gasteiger partial charge on any atom is -0.503 e. The van der Waals surface area contributed by atoms with E-state index >= 15 is 0 Å². The van der Waals surface area contributed by atoms with E-state index in [1.807, 2.05) is 62.4 Å². The van der Waals surface area contributed by atoms with Crippen LogP contribution in [0.15, 0.2) is 65.9 Å². The predicted octanol–water partition coefficient (Wildman–Crippen LogP) is 5.13. The van der Waals surface area contributed by atoms with E-state index < -0.39 is 23.5 Å². The summed E-state index contributed by atoms with van der Waals surface area (Å²) in [5.41, 5.74) is 2.10. The van der Waals surface area contributed by atoms with E-state index in [1.54, 1.807) is 13.0 Å². The minimum atomic E-state index is -0.818. The molecule has 0 spiro atoms. The number of carbonyl (C=O) groups excluding carboxylic acids is 2. The Morgan fingerprint density at radius 3 is 2.51 bits per heavy atom. The van der Waals surface area contributed by atoms with E-state index in [0.29, 0.717) is 26.9 Å². The normalized spacial score (nSPS) is 15.9. The van der Waals surface area contributed by atoms with Gasteiger partial charge in [-0.1, -0.05) is 48.5 Å². The van der Waals surface area contributed by atoms with Gasteiger partial charge in [-0.3, -0.25) is 9.59 Å². The quantitative estimate of drug-likeness (QED) is 0.417. The maximum atomic E-state index is 13.9. The second-order valence-corrected chi connectivity index (χ2v) is 9.49. The van der Waals surface area contributed by atoms with Gasteiger partial charge in [0.05, 0.1) is 34.9 Å². The minimum absolute atomic E-state index is 0.0253. The molecule has 1 atom stereocenters. The largest absolute Gasteiger partial charge is 0.503 e. The van der Waals surface area contributed by atoms with Crippen molar-refractivity contribution in [3.63, 3.8) is 0 Å². The lowest BCUT2D eigenvalue weighted by atomic mass is 9.94. The van der Waals surface area contributed by atoms with E-state index in [1.165, 1.54) is 23.3 Å². The summed E-state index contributed by atoms with van der Waals surface area (Å²) in [4.78, 5) is 33.5. The van der Waals surface area contributed by atoms with Crippen LogP contribution in [0.5, 0.6) is 5.75 Å². The Bertz CT molecular complexity index is 1270. The van der Waals surface area contributed by atoms with Crippen molar-refractivity contribution >= 4 is 23.0 Å². The fourth-order valence-corrected chi connectivity index (χ4v) is 5.16. The average molecular weight is 493 g/mol. The first-order valence-corrected chi connectivity index (χ1v) is 12.2. The van der Waals surface area contributed by atoms with Gasteiger partial charge in [-0.15, -0.1) is 11.3 Å². The second kappa shape index (κ2) is 10.4. The van der Waals surface area contributed by atoms with Gasteiger partial charge in [-0.25, -0.2) is 4.98 Å². The number of thiazole rings is 1. The molecule has 1 aromatic heterocycles. The Morgan fingerprint density at radius 1 is 1.14 bits per heavy atom. The number of aryl methyl sites for hydroxylation is 1. The lowest BCUT2D eigenvalue weighted by molar-refractivity contribution is -0.130. The number of rotatable bonds is 9. The zero-order chi connectivity index (χ0) is 25.1. The molecule has 3 aromatic rings. The third kappa shape index (κ3) is 4.85. The number of aliphatic hydroxyl groups is 1. The third-order valence-electron chi connectivity index (χ3n) is 5.68. The highest BCUT2D eigenvalue weighted by molar-refractivity contribution is 7.17. The maximum absolute atomic E-state index is 13.9. The number of Topliss-reactive ketones (excluding diaryl/α,β-unsaturated/α-hetero) is 1. The first-order chi connectivity index (χ1) is 16.8. The molecular formula is C27H28N2O5S. The van der Waals surface area contributed by atoms with E-state index in [9.17, 15) is 14.7 Å². The lowest BCUT2D eigenvalue weighted by Crippen LogP contribution is -2.34. The van der Waals surface area contributed by atoms with Gasteiger partial charge in [0.1, 0.15) is 10.8 Å². The number of amides is 1. The highest BCUT2D eigenvalue weighted by Gasteiger charge is 2.45. The Morgan fingerprint density at radius 2 is 1.83 bits per heavy atom. The van der Waals surface area contributed by atoms with Crippen molar-refractivity contribution in [1.29, 1.82) is 0 Å². The fourth-order valence-electron chi connectivity index (χ4n) is 4.13. The molecule has 0 aliphatic carbocycles. The number of benzene rings is 2. The summed E-state index contributed by atoms with van der Waals surface area (Å²) in [5, 5.41) is 11.6. The van der Waals surface area contributed by atoms with Gasteiger partial charge in [0.25, 0.3) is 5.91 Å². The van der Waals surface area contributed by atoms with Gasteiger partial charge in [-0.2, -0.15) is 0 Å². The van der Waals surface area contributed by atoms with Gasteiger partial charge < -0.3 is 19.5 Å². The highest BCUT2D eigenvalue weighted by Crippen LogP contribution is 2.43. The Balaban J connectivity index is 1.81. The Labute approximate surface area is 208 Å². The van der Waals surface area contributed by atoms with Gasteiger partial charge in [0.2, 0.25) is 5.78 Å². The summed E-state index contributed by atoms with van der Waals surface area (Å²) in [6.45, 7) is 6.03. The predicted molar refractivity (Wildman–Crippen MR) is 135 cm³/mol. The molecule has 0 saturated carbocycles. The van der Waals surface area contributed by atoms with Crippen LogP contribution in [0.3, 0.4) is 0 Å². The van der Waals surface area contributed by atoms with Crippen LogP contribution in [-0.2, 0) is 9.53 Å². The van der Waals surface area contributed by atoms with Crippen LogP contribution in [0.2, 0.25) is 0 Å². The SMILES string of the molecule is COCCN1C(=O)C(O)=C(C(=O)c2sc(-c3ccccc3)nc2C)C1c1ccccc1OC(C)C. The molecule has 0 bridgehead atoms. The van der Waals surface area contributed by atoms with Gasteiger partial charge in [0.15, 0.2) is 5.76 Å². The summed E-state index contributed by atoms with van der Waals surface area (Å²) in [5.74, 6) is -1.03. The fraction of sp³-hybridized carbons (Fsp3) is 0.296. The molecule has 0 fully saturated rings. The number of hydrogen-bond donors (Lipinski definition) is 1. The Kier molecular flexibility index (Phi) is 7.33. The van der Waals surface area contributed by atoms with Crippen molar-refractivity contribution in [2.45, 2.75) is 32.9 Å². The summed E-state index contributed by atoms with van der Waals surface area (Å²) in [7, 11) is 1.54. The van der Waals surface area contributed by atoms with Crippen LogP contribution in [-0.4, -0.2) is 53.0 Å². The zero-order valence-corrected chi connectivity index (χ0v) is 21.0. The molecule has 2 heterocycles. The molecule has 1 aliphatic heterocycles. The van der Waals surface area contributed by atoms with Gasteiger partial charge in [0, 0.05) is 24.8 Å². The van der Waals surface area contributed by atoms with E-state index in [-0.39, 0.29) is 24.8 Å². The van der Waals surface area contributed by atoms with Crippen molar-refractivity contribution in [2.24, 2.45) is 0 Å². The molecular weight excluding hydrogens is 464 g/mol. The van der Waals surface area contributed by atoms with E-state index in [0.717, 1.165) is 5.56 Å². The molecule has 182 valence electrons. The van der Waals surface area contributed by atoms with Crippen LogP contribution in [0.1, 0.15) is 40.8 Å². The smallest absolute Gasteiger partial charge is 0.290 e. The van der Waals surface area contributed by atoms with Crippen molar-refractivity contribution in [2.75, 3.05) is 20.3 Å². The molecule has 0 radical (unpaired) electrons. The lowest BCUT2D eigenvalue weighted by Gasteiger charge is -2.28. The zero-order valence-electron chi connectivity index (χ0n) is 20.1. The summed E-state index contributed by atoms with van der Waals surface area (Å²) >= 11 is 1.25. The van der Waals surface area contributed by atoms with Crippen molar-refractivity contribution in [3.8, 4) is 16.3 Å². The molecule has 35 heavy (non-hydrogen) atoms. The molecule has 7 nitrogen and oxygen atoms in total. The number of nitrogens with zero attached hydrogens (tertiary/aromatic N) is 2. The molecule has 1 amide bonds. The maximum Gasteiger partial charge on any atom is 0.290 e. The third-order valence-corrected chi connectivity index (χ3v) is 6.89. The van der Waals surface area contributed by atoms with Crippen LogP contribution < -0.4 is 4.74 Å². The summed E-state index contributed by atoms with van der Waals surface area (Å²) in [6.07, 6.45) is -0.116. The summed E-state index contributed by atoms with van der Waals surface area (Å²) < 4.78 is 11.2. The number of carbonyl (C=O) groups is 2. The number of ketones is 1. The highest BCUT2D eigenvalue weighted by atomic mass is 32.1. The number of aromatic nitrogens is 1. The van der Waals surface area contributed by atoms with E-state index in [2.05, 4.69) is 4.98 Å². The molecule has 1 unspecified atom stereocenters. The first-order valence-electron chi connectivity index (χ1n) is 11.4. The molecule has 0 saturated heterocycles. The van der Waals surface area contributed by atoms with Crippen molar-refractivity contribution in [3.05, 3.63) is 82.1 Å². The topological polar surface area (TPSA) is 89.0 Å². The first kappa shape index (κ1) is 24.6. The van der Waals surface area contributed by atoms with Crippen LogP contribution >= 0.6 is 11.3 Å². The molecule has 1 aliphatic rings. The van der Waals surface area contributed by atoms with Crippen molar-refractivity contribution in [1.82, 2.24) is 9.88 Å². The molecule has 8 heteroatoms. The monoisotopic (exact) mass is 492 g/mol. The molecule has 1 N–H and O–H groups in total. The second-order valence-electron chi connectivity index (χ2n) is 8.49. The van der Waals surface area contributed by atoms with Gasteiger partial charge >= 0.3 is 0 Å². The number of ether oxygens (including phenoxy) is 2. The summed E-state index contributed by atoms with van der Waals surface area (Å²) in [6, 6.07) is 16.1. The van der Waals surface area contributed by atoms with Crippen LogP contribution in [0.4, 0.5) is 0 Å². The number of aliphatic hydroxyl groups excluding tert-OH is 1. The van der Waals surface area contributed by atoms with Gasteiger partial charge in [-0.05, 0) is 26.8 Å². The number of hydrogen-bond acceptors (Lipinski definition) is 7. The van der Waals surface area contributed by atoms with Crippen LogP contribution in [0.25, 0.3) is 10.6 Å². The number of para-hydroxylation sites is 1. The average Bonchev–Trinajstić information content (AvgIpc) is 3.35. The molecule has 4 rings (SSSR count). The van der Waals surface area contributed by atoms with Crippen molar-refractivity contribution < 1.29 is 24.2 Å². The standard InChI is InChI=1S/C27H28N2O5S/c1-16(2)34-20-13-9-8-12-19(20)22-21(24(31)27(32)29(22)14-15-33-4)23(30)25-17(3)28-26(35-25)18-10-6-5-7-11-18/h5-13,16,22,31H,14-15H2,1-4H3.